The average Bonchev–Trinajstić information content (AvgIpc) is 2.42. The van der Waals surface area contributed by atoms with Crippen LogP contribution in [0.4, 0.5) is 4.79 Å². The zero-order valence-electron chi connectivity index (χ0n) is 7.47. The minimum atomic E-state index is -3.09. The molecule has 0 aliphatic carbocycles. The molecule has 14 heavy (non-hydrogen) atoms. The zero-order valence-corrected chi connectivity index (χ0v) is 9.10. The maximum atomic E-state index is 11.1. The molecule has 0 aromatic rings. The fraction of sp³-hybridized carbons (Fsp3) is 0.375. The van der Waals surface area contributed by atoms with Gasteiger partial charge in [-0.2, -0.15) is 0 Å². The molecule has 1 aliphatic heterocycles. The van der Waals surface area contributed by atoms with E-state index in [1.54, 1.807) is 6.08 Å². The maximum Gasteiger partial charge on any atom is 0.279 e. The first kappa shape index (κ1) is 11.3. The Kier molecular flexibility index (Phi) is 3.77. The molecule has 1 N–H and O–H groups in total. The molecule has 1 amide bonds. The second-order valence-electron chi connectivity index (χ2n) is 2.80. The predicted octanol–water partition coefficient (Wildman–Crippen LogP) is 0.926. The van der Waals surface area contributed by atoms with Crippen LogP contribution in [0, 0.1) is 0 Å². The number of hydrogen-bond acceptors (Lipinski definition) is 4. The van der Waals surface area contributed by atoms with Crippen molar-refractivity contribution in [2.45, 2.75) is 6.04 Å². The number of rotatable bonds is 3. The Balaban J connectivity index is 2.37. The van der Waals surface area contributed by atoms with Crippen LogP contribution in [0.5, 0.6) is 0 Å². The van der Waals surface area contributed by atoms with Crippen molar-refractivity contribution in [3.63, 3.8) is 0 Å². The number of carbonyl (C=O) groups is 1. The number of thioether (sulfide) groups is 1. The van der Waals surface area contributed by atoms with E-state index in [2.05, 4.69) is 11.9 Å². The summed E-state index contributed by atoms with van der Waals surface area (Å²) >= 11 is 1.07. The van der Waals surface area contributed by atoms with Crippen LogP contribution in [0.25, 0.3) is 0 Å². The maximum absolute atomic E-state index is 11.1. The lowest BCUT2D eigenvalue weighted by Gasteiger charge is -2.07. The largest absolute Gasteiger partial charge is 0.340 e. The van der Waals surface area contributed by atoms with E-state index < -0.39 is 9.84 Å². The highest BCUT2D eigenvalue weighted by atomic mass is 32.2. The van der Waals surface area contributed by atoms with Crippen LogP contribution in [0.15, 0.2) is 24.1 Å². The Bertz CT molecular complexity index is 359. The molecule has 1 aliphatic rings. The molecule has 0 bridgehead atoms. The van der Waals surface area contributed by atoms with Crippen LogP contribution in [-0.2, 0) is 9.84 Å². The number of amides is 1. The summed E-state index contributed by atoms with van der Waals surface area (Å²) < 4.78 is 22.0. The second kappa shape index (κ2) is 4.65. The number of sulfone groups is 1. The van der Waals surface area contributed by atoms with Gasteiger partial charge in [0.05, 0.1) is 11.8 Å². The lowest BCUT2D eigenvalue weighted by molar-refractivity contribution is 0.260. The fourth-order valence-corrected chi connectivity index (χ4v) is 2.73. The summed E-state index contributed by atoms with van der Waals surface area (Å²) in [5.74, 6) is 0.488. The predicted molar refractivity (Wildman–Crippen MR) is 57.9 cm³/mol. The lowest BCUT2D eigenvalue weighted by atomic mass is 10.3. The average molecular weight is 233 g/mol. The van der Waals surface area contributed by atoms with E-state index in [9.17, 15) is 13.2 Å². The molecular weight excluding hydrogens is 222 g/mol. The summed E-state index contributed by atoms with van der Waals surface area (Å²) in [4.78, 5) is 11.1. The van der Waals surface area contributed by atoms with Gasteiger partial charge < -0.3 is 5.32 Å². The third kappa shape index (κ3) is 3.55. The molecule has 0 saturated heterocycles. The van der Waals surface area contributed by atoms with E-state index in [0.717, 1.165) is 17.2 Å². The van der Waals surface area contributed by atoms with Gasteiger partial charge in [-0.25, -0.2) is 8.42 Å². The Morgan fingerprint density at radius 3 is 2.93 bits per heavy atom. The number of carbonyl (C=O) groups excluding carboxylic acids is 1. The second-order valence-corrected chi connectivity index (χ2v) is 5.72. The van der Waals surface area contributed by atoms with Crippen LogP contribution < -0.4 is 5.32 Å². The van der Waals surface area contributed by atoms with Gasteiger partial charge >= 0.3 is 0 Å². The van der Waals surface area contributed by atoms with E-state index in [0.29, 0.717) is 5.75 Å². The van der Waals surface area contributed by atoms with Gasteiger partial charge in [0.25, 0.3) is 5.24 Å². The molecule has 1 rings (SSSR count). The number of nitrogens with one attached hydrogen (secondary N) is 1. The molecule has 1 atom stereocenters. The van der Waals surface area contributed by atoms with Gasteiger partial charge in [-0.05, 0) is 6.08 Å². The summed E-state index contributed by atoms with van der Waals surface area (Å²) in [7, 11) is -3.09. The summed E-state index contributed by atoms with van der Waals surface area (Å²) in [5.41, 5.74) is 0. The Labute approximate surface area is 87.4 Å². The molecule has 0 aromatic carbocycles. The topological polar surface area (TPSA) is 63.2 Å². The van der Waals surface area contributed by atoms with Gasteiger partial charge in [0.1, 0.15) is 0 Å². The first-order valence-corrected chi connectivity index (χ1v) is 6.69. The van der Waals surface area contributed by atoms with Crippen molar-refractivity contribution in [2.24, 2.45) is 0 Å². The van der Waals surface area contributed by atoms with Crippen LogP contribution in [0.2, 0.25) is 0 Å². The van der Waals surface area contributed by atoms with Gasteiger partial charge in [0.2, 0.25) is 0 Å². The Hall–Kier alpha value is -0.750. The van der Waals surface area contributed by atoms with E-state index in [4.69, 9.17) is 0 Å². The van der Waals surface area contributed by atoms with Gasteiger partial charge in [0.15, 0.2) is 9.84 Å². The molecule has 0 spiro atoms. The molecule has 1 heterocycles. The van der Waals surface area contributed by atoms with Crippen molar-refractivity contribution >= 4 is 26.8 Å². The summed E-state index contributed by atoms with van der Waals surface area (Å²) in [5, 5.41) is 3.49. The Morgan fingerprint density at radius 1 is 1.71 bits per heavy atom. The SMILES string of the molecule is C=CCSC(=O)NC1C=CS(=O)(=O)C1. The summed E-state index contributed by atoms with van der Waals surface area (Å²) in [6.07, 6.45) is 3.10. The molecule has 0 aromatic heterocycles. The molecule has 4 nitrogen and oxygen atoms in total. The minimum absolute atomic E-state index is 0.0343. The molecule has 6 heteroatoms. The van der Waals surface area contributed by atoms with Crippen LogP contribution in [0.1, 0.15) is 0 Å². The van der Waals surface area contributed by atoms with E-state index >= 15 is 0 Å². The van der Waals surface area contributed by atoms with Gasteiger partial charge in [-0.1, -0.05) is 17.8 Å². The quantitative estimate of drug-likeness (QED) is 0.736. The fourth-order valence-electron chi connectivity index (χ4n) is 0.993. The van der Waals surface area contributed by atoms with Crippen molar-refractivity contribution in [2.75, 3.05) is 11.5 Å². The lowest BCUT2D eigenvalue weighted by Crippen LogP contribution is -2.32. The monoisotopic (exact) mass is 233 g/mol. The summed E-state index contributed by atoms with van der Waals surface area (Å²) in [6.45, 7) is 3.48. The number of hydrogen-bond donors (Lipinski definition) is 1. The first-order valence-electron chi connectivity index (χ1n) is 3.98. The normalized spacial score (nSPS) is 23.3. The molecule has 0 radical (unpaired) electrons. The molecule has 0 fully saturated rings. The third-order valence-corrected chi connectivity index (χ3v) is 3.74. The van der Waals surface area contributed by atoms with Crippen LogP contribution in [0.3, 0.4) is 0 Å². The van der Waals surface area contributed by atoms with Gasteiger partial charge in [0, 0.05) is 11.2 Å². The molecule has 1 unspecified atom stereocenters. The van der Waals surface area contributed by atoms with Crippen molar-refractivity contribution in [3.05, 3.63) is 24.1 Å². The third-order valence-electron chi connectivity index (χ3n) is 1.57. The van der Waals surface area contributed by atoms with E-state index in [1.165, 1.54) is 6.08 Å². The summed E-state index contributed by atoms with van der Waals surface area (Å²) in [6, 6.07) is -0.384. The van der Waals surface area contributed by atoms with Crippen LogP contribution >= 0.6 is 11.8 Å². The van der Waals surface area contributed by atoms with Crippen molar-refractivity contribution in [3.8, 4) is 0 Å². The highest BCUT2D eigenvalue weighted by molar-refractivity contribution is 8.13. The van der Waals surface area contributed by atoms with Gasteiger partial charge in [-0.15, -0.1) is 6.58 Å². The van der Waals surface area contributed by atoms with Gasteiger partial charge in [-0.3, -0.25) is 4.79 Å². The van der Waals surface area contributed by atoms with Crippen LogP contribution in [-0.4, -0.2) is 31.2 Å². The first-order chi connectivity index (χ1) is 6.53. The highest BCUT2D eigenvalue weighted by Crippen LogP contribution is 2.10. The van der Waals surface area contributed by atoms with E-state index in [1.807, 2.05) is 0 Å². The molecular formula is C8H11NO3S2. The highest BCUT2D eigenvalue weighted by Gasteiger charge is 2.22. The van der Waals surface area contributed by atoms with Crippen molar-refractivity contribution < 1.29 is 13.2 Å². The molecule has 78 valence electrons. The van der Waals surface area contributed by atoms with E-state index in [-0.39, 0.29) is 17.0 Å². The van der Waals surface area contributed by atoms with Crippen molar-refractivity contribution in [1.29, 1.82) is 0 Å². The van der Waals surface area contributed by atoms with Crippen molar-refractivity contribution in [1.82, 2.24) is 5.32 Å². The standard InChI is InChI=1S/C8H11NO3S2/c1-2-4-13-8(10)9-7-3-5-14(11,12)6-7/h2-3,5,7H,1,4,6H2,(H,9,10). The molecule has 0 saturated carbocycles. The smallest absolute Gasteiger partial charge is 0.279 e. The Morgan fingerprint density at radius 2 is 2.43 bits per heavy atom. The zero-order chi connectivity index (χ0) is 10.6. The minimum Gasteiger partial charge on any atom is -0.340 e.